The number of nitrogens with one attached hydrogen (secondary N) is 1. The minimum Gasteiger partial charge on any atom is -0.504 e. The lowest BCUT2D eigenvalue weighted by molar-refractivity contribution is -0.131. The molecule has 1 aromatic heterocycles. The third-order valence-electron chi connectivity index (χ3n) is 5.57. The fourth-order valence-electron chi connectivity index (χ4n) is 3.81. The van der Waals surface area contributed by atoms with Crippen molar-refractivity contribution in [3.8, 4) is 28.6 Å². The molecule has 0 spiro atoms. The maximum absolute atomic E-state index is 12.2. The molecule has 8 nitrogen and oxygen atoms in total. The molecular weight excluding hydrogens is 396 g/mol. The molecule has 3 aromatic rings. The number of phenolic OH excluding ortho intramolecular Hbond substituents is 2. The molecule has 1 saturated heterocycles. The number of ether oxygens (including phenoxy) is 1. The number of hydrogen-bond donors (Lipinski definition) is 3. The van der Waals surface area contributed by atoms with Gasteiger partial charge in [-0.2, -0.15) is 0 Å². The second-order valence-corrected chi connectivity index (χ2v) is 7.53. The van der Waals surface area contributed by atoms with Crippen molar-refractivity contribution in [2.24, 2.45) is 0 Å². The SMILES string of the molecule is C=CCCC(=O)N1CCN(c2ccc3nc(-c4cc(O)c(O)c(OC)c4)[nH]c3c2)CC1. The number of benzene rings is 2. The predicted molar refractivity (Wildman–Crippen MR) is 120 cm³/mol. The van der Waals surface area contributed by atoms with Crippen molar-refractivity contribution in [1.29, 1.82) is 0 Å². The molecule has 3 N–H and O–H groups in total. The van der Waals surface area contributed by atoms with Crippen molar-refractivity contribution in [2.45, 2.75) is 12.8 Å². The lowest BCUT2D eigenvalue weighted by Crippen LogP contribution is -2.48. The number of methoxy groups -OCH3 is 1. The van der Waals surface area contributed by atoms with Crippen LogP contribution in [0, 0.1) is 0 Å². The summed E-state index contributed by atoms with van der Waals surface area (Å²) in [5, 5.41) is 19.8. The van der Waals surface area contributed by atoms with Gasteiger partial charge in [-0.05, 0) is 36.8 Å². The normalized spacial score (nSPS) is 14.1. The number of phenols is 2. The minimum absolute atomic E-state index is 0.177. The van der Waals surface area contributed by atoms with E-state index in [0.717, 1.165) is 29.8 Å². The Labute approximate surface area is 180 Å². The summed E-state index contributed by atoms with van der Waals surface area (Å²) in [6.07, 6.45) is 3.00. The minimum atomic E-state index is -0.299. The Bertz CT molecular complexity index is 1120. The van der Waals surface area contributed by atoms with Crippen LogP contribution in [0.4, 0.5) is 5.69 Å². The van der Waals surface area contributed by atoms with E-state index in [2.05, 4.69) is 21.4 Å². The molecule has 162 valence electrons. The first-order chi connectivity index (χ1) is 15.0. The molecule has 0 atom stereocenters. The number of nitrogens with zero attached hydrogens (tertiary/aromatic N) is 3. The molecule has 1 fully saturated rings. The molecule has 1 aliphatic heterocycles. The molecule has 0 unspecified atom stereocenters. The van der Waals surface area contributed by atoms with E-state index >= 15 is 0 Å². The Morgan fingerprint density at radius 2 is 2.00 bits per heavy atom. The maximum atomic E-state index is 12.2. The van der Waals surface area contributed by atoms with E-state index < -0.39 is 0 Å². The largest absolute Gasteiger partial charge is 0.504 e. The van der Waals surface area contributed by atoms with Crippen LogP contribution >= 0.6 is 0 Å². The number of carbonyl (C=O) groups excluding carboxylic acids is 1. The molecule has 1 amide bonds. The summed E-state index contributed by atoms with van der Waals surface area (Å²) >= 11 is 0. The van der Waals surface area contributed by atoms with Crippen LogP contribution in [0.5, 0.6) is 17.2 Å². The van der Waals surface area contributed by atoms with Crippen LogP contribution in [0.25, 0.3) is 22.4 Å². The fraction of sp³-hybridized carbons (Fsp3) is 0.304. The summed E-state index contributed by atoms with van der Waals surface area (Å²) in [6, 6.07) is 9.08. The van der Waals surface area contributed by atoms with Gasteiger partial charge in [-0.3, -0.25) is 4.79 Å². The highest BCUT2D eigenvalue weighted by Gasteiger charge is 2.21. The number of aromatic hydroxyl groups is 2. The smallest absolute Gasteiger partial charge is 0.223 e. The first kappa shape index (κ1) is 20.6. The summed E-state index contributed by atoms with van der Waals surface area (Å²) < 4.78 is 5.12. The lowest BCUT2D eigenvalue weighted by atomic mass is 10.1. The number of aromatic nitrogens is 2. The van der Waals surface area contributed by atoms with Gasteiger partial charge in [0.2, 0.25) is 11.7 Å². The van der Waals surface area contributed by atoms with Crippen LogP contribution in [-0.4, -0.2) is 64.3 Å². The highest BCUT2D eigenvalue weighted by molar-refractivity contribution is 5.83. The van der Waals surface area contributed by atoms with E-state index in [0.29, 0.717) is 37.3 Å². The quantitative estimate of drug-likeness (QED) is 0.416. The molecule has 2 heterocycles. The number of rotatable bonds is 6. The van der Waals surface area contributed by atoms with Crippen molar-refractivity contribution in [3.63, 3.8) is 0 Å². The van der Waals surface area contributed by atoms with Gasteiger partial charge in [0.15, 0.2) is 11.5 Å². The van der Waals surface area contributed by atoms with E-state index in [1.165, 1.54) is 13.2 Å². The summed E-state index contributed by atoms with van der Waals surface area (Å²) in [4.78, 5) is 24.3. The number of aromatic amines is 1. The van der Waals surface area contributed by atoms with Crippen LogP contribution in [0.3, 0.4) is 0 Å². The first-order valence-electron chi connectivity index (χ1n) is 10.2. The zero-order chi connectivity index (χ0) is 22.0. The van der Waals surface area contributed by atoms with Gasteiger partial charge in [0.05, 0.1) is 18.1 Å². The zero-order valence-electron chi connectivity index (χ0n) is 17.5. The van der Waals surface area contributed by atoms with Gasteiger partial charge >= 0.3 is 0 Å². The summed E-state index contributed by atoms with van der Waals surface area (Å²) in [6.45, 7) is 6.63. The molecule has 4 rings (SSSR count). The van der Waals surface area contributed by atoms with Crippen LogP contribution in [0.2, 0.25) is 0 Å². The van der Waals surface area contributed by atoms with Crippen molar-refractivity contribution in [3.05, 3.63) is 43.0 Å². The predicted octanol–water partition coefficient (Wildman–Crippen LogP) is 3.26. The number of amides is 1. The highest BCUT2D eigenvalue weighted by Crippen LogP contribution is 2.39. The van der Waals surface area contributed by atoms with Gasteiger partial charge in [-0.15, -0.1) is 6.58 Å². The second-order valence-electron chi connectivity index (χ2n) is 7.53. The monoisotopic (exact) mass is 422 g/mol. The molecule has 1 aliphatic rings. The number of carbonyl (C=O) groups is 1. The average Bonchev–Trinajstić information content (AvgIpc) is 3.22. The zero-order valence-corrected chi connectivity index (χ0v) is 17.5. The third kappa shape index (κ3) is 4.14. The number of anilines is 1. The molecular formula is C23H26N4O4. The van der Waals surface area contributed by atoms with Crippen LogP contribution in [-0.2, 0) is 4.79 Å². The molecule has 0 radical (unpaired) electrons. The topological polar surface area (TPSA) is 102 Å². The van der Waals surface area contributed by atoms with E-state index in [1.807, 2.05) is 23.1 Å². The Hall–Kier alpha value is -3.68. The molecule has 0 aliphatic carbocycles. The van der Waals surface area contributed by atoms with Crippen molar-refractivity contribution < 1.29 is 19.7 Å². The number of piperazine rings is 1. The number of imidazole rings is 1. The molecule has 8 heteroatoms. The van der Waals surface area contributed by atoms with Crippen LogP contribution in [0.1, 0.15) is 12.8 Å². The third-order valence-corrected chi connectivity index (χ3v) is 5.57. The van der Waals surface area contributed by atoms with E-state index in [4.69, 9.17) is 4.74 Å². The van der Waals surface area contributed by atoms with Crippen LogP contribution in [0.15, 0.2) is 43.0 Å². The molecule has 0 saturated carbocycles. The van der Waals surface area contributed by atoms with Gasteiger partial charge < -0.3 is 29.7 Å². The first-order valence-corrected chi connectivity index (χ1v) is 10.2. The molecule has 0 bridgehead atoms. The lowest BCUT2D eigenvalue weighted by Gasteiger charge is -2.36. The Kier molecular flexibility index (Phi) is 5.70. The second kappa shape index (κ2) is 8.59. The Balaban J connectivity index is 1.52. The summed E-state index contributed by atoms with van der Waals surface area (Å²) in [7, 11) is 1.43. The van der Waals surface area contributed by atoms with Gasteiger partial charge in [0.25, 0.3) is 0 Å². The number of hydrogen-bond acceptors (Lipinski definition) is 6. The molecule has 31 heavy (non-hydrogen) atoms. The van der Waals surface area contributed by atoms with Crippen LogP contribution < -0.4 is 9.64 Å². The Morgan fingerprint density at radius 1 is 1.23 bits per heavy atom. The number of allylic oxidation sites excluding steroid dienone is 1. The van der Waals surface area contributed by atoms with E-state index in [9.17, 15) is 15.0 Å². The van der Waals surface area contributed by atoms with Gasteiger partial charge in [0.1, 0.15) is 5.82 Å². The molecule has 2 aromatic carbocycles. The fourth-order valence-corrected chi connectivity index (χ4v) is 3.81. The van der Waals surface area contributed by atoms with E-state index in [-0.39, 0.29) is 23.2 Å². The van der Waals surface area contributed by atoms with Crippen molar-refractivity contribution in [1.82, 2.24) is 14.9 Å². The standard InChI is InChI=1S/C23H26N4O4/c1-3-4-5-21(29)27-10-8-26(9-11-27)16-6-7-17-18(14-16)25-23(24-17)15-12-19(28)22(30)20(13-15)31-2/h3,6-7,12-14,28,30H,1,4-5,8-11H2,2H3,(H,24,25). The number of H-pyrrole nitrogens is 1. The van der Waals surface area contributed by atoms with E-state index in [1.54, 1.807) is 12.1 Å². The van der Waals surface area contributed by atoms with Gasteiger partial charge in [-0.1, -0.05) is 6.08 Å². The summed E-state index contributed by atoms with van der Waals surface area (Å²) in [5.74, 6) is 0.360. The maximum Gasteiger partial charge on any atom is 0.223 e. The number of fused-ring (bicyclic) bond motifs is 1. The Morgan fingerprint density at radius 3 is 2.71 bits per heavy atom. The summed E-state index contributed by atoms with van der Waals surface area (Å²) in [5.41, 5.74) is 3.33. The van der Waals surface area contributed by atoms with Crippen molar-refractivity contribution >= 4 is 22.6 Å². The van der Waals surface area contributed by atoms with Gasteiger partial charge in [-0.25, -0.2) is 4.98 Å². The highest BCUT2D eigenvalue weighted by atomic mass is 16.5. The average molecular weight is 422 g/mol. The van der Waals surface area contributed by atoms with Crippen molar-refractivity contribution in [2.75, 3.05) is 38.2 Å². The van der Waals surface area contributed by atoms with Gasteiger partial charge in [0, 0.05) is 43.9 Å².